The maximum absolute atomic E-state index is 12.6. The van der Waals surface area contributed by atoms with Crippen LogP contribution < -0.4 is 15.4 Å². The zero-order chi connectivity index (χ0) is 19.3. The number of fused-ring (bicyclic) bond motifs is 1. The molecule has 1 aromatic heterocycles. The van der Waals surface area contributed by atoms with E-state index < -0.39 is 0 Å². The van der Waals surface area contributed by atoms with Crippen molar-refractivity contribution in [2.75, 3.05) is 45.8 Å². The molecule has 2 aliphatic rings. The van der Waals surface area contributed by atoms with E-state index in [0.29, 0.717) is 17.8 Å². The zero-order valence-electron chi connectivity index (χ0n) is 16.5. The largest absolute Gasteiger partial charge is 0.338 e. The minimum atomic E-state index is -0.0627. The molecule has 0 unspecified atom stereocenters. The molecule has 2 aliphatic heterocycles. The number of aromatic amines is 1. The number of para-hydroxylation sites is 1. The summed E-state index contributed by atoms with van der Waals surface area (Å²) in [7, 11) is 0. The van der Waals surface area contributed by atoms with Crippen LogP contribution in [-0.2, 0) is 11.3 Å². The summed E-state index contributed by atoms with van der Waals surface area (Å²) in [5.41, 5.74) is 0.695. The van der Waals surface area contributed by atoms with E-state index in [4.69, 9.17) is 0 Å². The van der Waals surface area contributed by atoms with Gasteiger partial charge in [-0.2, -0.15) is 0 Å². The third-order valence-electron chi connectivity index (χ3n) is 6.10. The van der Waals surface area contributed by atoms with Gasteiger partial charge >= 0.3 is 0 Å². The van der Waals surface area contributed by atoms with Gasteiger partial charge in [-0.1, -0.05) is 25.0 Å². The first-order chi connectivity index (χ1) is 13.7. The van der Waals surface area contributed by atoms with Crippen LogP contribution in [0.5, 0.6) is 0 Å². The Morgan fingerprint density at radius 2 is 1.68 bits per heavy atom. The molecule has 0 radical (unpaired) electrons. The Bertz CT molecular complexity index is 864. The smallest absolute Gasteiger partial charge is 0.277 e. The van der Waals surface area contributed by atoms with Crippen molar-refractivity contribution >= 4 is 16.8 Å². The number of hydrogen-bond acceptors (Lipinski definition) is 3. The molecule has 2 aromatic rings. The van der Waals surface area contributed by atoms with Crippen LogP contribution in [-0.4, -0.2) is 66.6 Å². The summed E-state index contributed by atoms with van der Waals surface area (Å²) in [6.07, 6.45) is 4.80. The number of carbonyl (C=O) groups is 1. The lowest BCUT2D eigenvalue weighted by atomic mass is 10.2. The van der Waals surface area contributed by atoms with Crippen molar-refractivity contribution in [3.63, 3.8) is 0 Å². The number of carbonyl (C=O) groups excluding carboxylic acids is 1. The van der Waals surface area contributed by atoms with Crippen LogP contribution in [0.2, 0.25) is 0 Å². The normalized spacial score (nSPS) is 23.5. The standard InChI is InChI=1S/C21H29N5O2/c27-20(26-9-5-1-2-6-10-26)16-25-13-11-24(12-14-25)15-19-22-18-8-4-3-7-17(18)21(28)23-19/h3-4,7-8H,1-2,5-6,9-16H2,(H,22,23,28)/p+2. The van der Waals surface area contributed by atoms with Crippen LogP contribution in [0.15, 0.2) is 29.1 Å². The lowest BCUT2D eigenvalue weighted by Crippen LogP contribution is -3.28. The highest BCUT2D eigenvalue weighted by atomic mass is 16.2. The van der Waals surface area contributed by atoms with Gasteiger partial charge in [-0.15, -0.1) is 0 Å². The number of hydrogen-bond donors (Lipinski definition) is 3. The van der Waals surface area contributed by atoms with Crippen molar-refractivity contribution in [1.29, 1.82) is 0 Å². The van der Waals surface area contributed by atoms with Crippen molar-refractivity contribution in [1.82, 2.24) is 14.9 Å². The minimum absolute atomic E-state index is 0.0627. The van der Waals surface area contributed by atoms with Crippen molar-refractivity contribution in [2.45, 2.75) is 32.2 Å². The molecule has 2 fully saturated rings. The molecule has 7 heteroatoms. The number of rotatable bonds is 4. The van der Waals surface area contributed by atoms with Gasteiger partial charge in [0.2, 0.25) is 0 Å². The fraction of sp³-hybridized carbons (Fsp3) is 0.571. The third-order valence-corrected chi connectivity index (χ3v) is 6.10. The van der Waals surface area contributed by atoms with Crippen molar-refractivity contribution in [3.8, 4) is 0 Å². The molecule has 4 rings (SSSR count). The lowest BCUT2D eigenvalue weighted by molar-refractivity contribution is -1.02. The molecule has 3 heterocycles. The van der Waals surface area contributed by atoms with E-state index in [2.05, 4.69) is 14.9 Å². The molecule has 0 spiro atoms. The number of benzene rings is 1. The summed E-state index contributed by atoms with van der Waals surface area (Å²) in [6, 6.07) is 7.47. The first-order valence-electron chi connectivity index (χ1n) is 10.6. The Kier molecular flexibility index (Phi) is 6.02. The number of likely N-dealkylation sites (tertiary alicyclic amines) is 1. The Balaban J connectivity index is 1.29. The monoisotopic (exact) mass is 385 g/mol. The number of piperazine rings is 1. The van der Waals surface area contributed by atoms with Crippen LogP contribution in [0.1, 0.15) is 31.5 Å². The first kappa shape index (κ1) is 19.1. The topological polar surface area (TPSA) is 74.9 Å². The van der Waals surface area contributed by atoms with Gasteiger partial charge in [0.1, 0.15) is 32.7 Å². The molecule has 150 valence electrons. The van der Waals surface area contributed by atoms with Crippen molar-refractivity contribution in [3.05, 3.63) is 40.4 Å². The first-order valence-corrected chi connectivity index (χ1v) is 10.6. The van der Waals surface area contributed by atoms with Crippen LogP contribution in [0.3, 0.4) is 0 Å². The van der Waals surface area contributed by atoms with Gasteiger partial charge in [0, 0.05) is 13.1 Å². The van der Waals surface area contributed by atoms with Crippen LogP contribution in [0, 0.1) is 0 Å². The maximum Gasteiger partial charge on any atom is 0.277 e. The summed E-state index contributed by atoms with van der Waals surface area (Å²) in [5.74, 6) is 1.07. The zero-order valence-corrected chi connectivity index (χ0v) is 16.5. The molecule has 1 amide bonds. The molecule has 2 saturated heterocycles. The number of aromatic nitrogens is 2. The number of amides is 1. The highest BCUT2D eigenvalue weighted by Crippen LogP contribution is 2.09. The lowest BCUT2D eigenvalue weighted by Gasteiger charge is -2.30. The molecule has 28 heavy (non-hydrogen) atoms. The van der Waals surface area contributed by atoms with Crippen LogP contribution in [0.25, 0.3) is 10.9 Å². The van der Waals surface area contributed by atoms with E-state index in [1.54, 1.807) is 6.07 Å². The number of nitrogens with zero attached hydrogens (tertiary/aromatic N) is 2. The predicted octanol–water partition coefficient (Wildman–Crippen LogP) is -1.39. The van der Waals surface area contributed by atoms with Gasteiger partial charge < -0.3 is 19.7 Å². The molecule has 1 aromatic carbocycles. The Morgan fingerprint density at radius 1 is 1.00 bits per heavy atom. The quantitative estimate of drug-likeness (QED) is 0.607. The van der Waals surface area contributed by atoms with Crippen LogP contribution in [0.4, 0.5) is 0 Å². The fourth-order valence-electron chi connectivity index (χ4n) is 4.41. The SMILES string of the molecule is O=C(C[NH+]1CC[NH+](Cc2nc3ccccc3c(=O)[nH]2)CC1)N1CCCCCC1. The van der Waals surface area contributed by atoms with E-state index >= 15 is 0 Å². The molecule has 0 aliphatic carbocycles. The molecule has 0 bridgehead atoms. The molecule has 7 nitrogen and oxygen atoms in total. The molecule has 0 atom stereocenters. The number of nitrogens with one attached hydrogen (secondary N) is 3. The summed E-state index contributed by atoms with van der Waals surface area (Å²) in [4.78, 5) is 37.3. The fourth-order valence-corrected chi connectivity index (χ4v) is 4.41. The van der Waals surface area contributed by atoms with E-state index in [0.717, 1.165) is 70.0 Å². The molecule has 0 saturated carbocycles. The van der Waals surface area contributed by atoms with Gasteiger partial charge in [0.25, 0.3) is 11.5 Å². The van der Waals surface area contributed by atoms with Gasteiger partial charge in [0.05, 0.1) is 10.9 Å². The summed E-state index contributed by atoms with van der Waals surface area (Å²) in [5, 5.41) is 0.641. The average Bonchev–Trinajstić information content (AvgIpc) is 2.99. The highest BCUT2D eigenvalue weighted by molar-refractivity contribution is 5.77. The van der Waals surface area contributed by atoms with E-state index in [-0.39, 0.29) is 5.56 Å². The third kappa shape index (κ3) is 4.59. The Morgan fingerprint density at radius 3 is 2.43 bits per heavy atom. The summed E-state index contributed by atoms with van der Waals surface area (Å²) in [6.45, 7) is 7.21. The molecular weight excluding hydrogens is 354 g/mol. The minimum Gasteiger partial charge on any atom is -0.338 e. The van der Waals surface area contributed by atoms with E-state index in [1.807, 2.05) is 18.2 Å². The van der Waals surface area contributed by atoms with E-state index in [1.165, 1.54) is 22.6 Å². The second kappa shape index (κ2) is 8.84. The Labute approximate surface area is 165 Å². The molecule has 3 N–H and O–H groups in total. The molecular formula is C21H31N5O2+2. The summed E-state index contributed by atoms with van der Waals surface area (Å²) < 4.78 is 0. The second-order valence-corrected chi connectivity index (χ2v) is 8.18. The summed E-state index contributed by atoms with van der Waals surface area (Å²) >= 11 is 0. The van der Waals surface area contributed by atoms with Gasteiger partial charge in [-0.05, 0) is 25.0 Å². The Hall–Kier alpha value is -2.25. The van der Waals surface area contributed by atoms with Crippen molar-refractivity contribution in [2.24, 2.45) is 0 Å². The maximum atomic E-state index is 12.6. The van der Waals surface area contributed by atoms with Crippen molar-refractivity contribution < 1.29 is 14.6 Å². The van der Waals surface area contributed by atoms with Crippen LogP contribution >= 0.6 is 0 Å². The highest BCUT2D eigenvalue weighted by Gasteiger charge is 2.27. The predicted molar refractivity (Wildman–Crippen MR) is 107 cm³/mol. The van der Waals surface area contributed by atoms with Gasteiger partial charge in [-0.3, -0.25) is 9.59 Å². The van der Waals surface area contributed by atoms with Gasteiger partial charge in [0.15, 0.2) is 12.4 Å². The second-order valence-electron chi connectivity index (χ2n) is 8.18. The van der Waals surface area contributed by atoms with Gasteiger partial charge in [-0.25, -0.2) is 4.98 Å². The average molecular weight is 386 g/mol. The van der Waals surface area contributed by atoms with E-state index in [9.17, 15) is 9.59 Å². The number of H-pyrrole nitrogens is 1. The number of quaternary nitrogens is 2.